The van der Waals surface area contributed by atoms with Crippen LogP contribution in [0.2, 0.25) is 0 Å². The highest BCUT2D eigenvalue weighted by Crippen LogP contribution is 2.18. The summed E-state index contributed by atoms with van der Waals surface area (Å²) in [6, 6.07) is 16.0. The maximum Gasteiger partial charge on any atom is 0.243 e. The second-order valence-corrected chi connectivity index (χ2v) is 10.1. The van der Waals surface area contributed by atoms with Crippen molar-refractivity contribution in [2.45, 2.75) is 71.8 Å². The molecular formula is C26H36N2O2S. The normalized spacial score (nSPS) is 12.3. The van der Waals surface area contributed by atoms with E-state index in [0.29, 0.717) is 18.7 Å². The van der Waals surface area contributed by atoms with Gasteiger partial charge in [-0.15, -0.1) is 11.8 Å². The molecule has 1 N–H and O–H groups in total. The molecule has 0 aliphatic rings. The Morgan fingerprint density at radius 1 is 1.00 bits per heavy atom. The van der Waals surface area contributed by atoms with Gasteiger partial charge in [0.2, 0.25) is 11.8 Å². The molecule has 2 amide bonds. The Bertz CT molecular complexity index is 872. The van der Waals surface area contributed by atoms with Crippen LogP contribution in [0, 0.1) is 13.8 Å². The summed E-state index contributed by atoms with van der Waals surface area (Å²) in [7, 11) is 0. The summed E-state index contributed by atoms with van der Waals surface area (Å²) >= 11 is 1.59. The van der Waals surface area contributed by atoms with E-state index >= 15 is 0 Å². The van der Waals surface area contributed by atoms with Crippen LogP contribution < -0.4 is 5.32 Å². The van der Waals surface area contributed by atoms with Gasteiger partial charge in [-0.2, -0.15) is 0 Å². The second-order valence-electron chi connectivity index (χ2n) is 9.15. The number of thioether (sulfide) groups is 1. The maximum absolute atomic E-state index is 13.3. The van der Waals surface area contributed by atoms with E-state index in [2.05, 4.69) is 30.4 Å². The average Bonchev–Trinajstić information content (AvgIpc) is 2.68. The van der Waals surface area contributed by atoms with Gasteiger partial charge in [-0.25, -0.2) is 0 Å². The fourth-order valence-electron chi connectivity index (χ4n) is 3.40. The zero-order chi connectivity index (χ0) is 23.0. The molecule has 0 saturated heterocycles. The minimum absolute atomic E-state index is 0.00543. The number of hydrogen-bond acceptors (Lipinski definition) is 3. The van der Waals surface area contributed by atoms with Gasteiger partial charge in [0.15, 0.2) is 0 Å². The third-order valence-corrected chi connectivity index (χ3v) is 5.92. The quantitative estimate of drug-likeness (QED) is 0.579. The van der Waals surface area contributed by atoms with E-state index in [9.17, 15) is 9.59 Å². The first kappa shape index (κ1) is 25.0. The van der Waals surface area contributed by atoms with Crippen molar-refractivity contribution in [2.75, 3.05) is 5.75 Å². The van der Waals surface area contributed by atoms with Crippen LogP contribution in [0.4, 0.5) is 0 Å². The Hall–Kier alpha value is -2.27. The van der Waals surface area contributed by atoms with Gasteiger partial charge in [0.25, 0.3) is 0 Å². The van der Waals surface area contributed by atoms with Crippen molar-refractivity contribution in [1.29, 1.82) is 0 Å². The highest BCUT2D eigenvalue weighted by molar-refractivity contribution is 7.99. The van der Waals surface area contributed by atoms with Crippen molar-refractivity contribution in [1.82, 2.24) is 10.2 Å². The van der Waals surface area contributed by atoms with Crippen LogP contribution in [-0.4, -0.2) is 34.0 Å². The average molecular weight is 441 g/mol. The summed E-state index contributed by atoms with van der Waals surface area (Å²) in [6.07, 6.45) is 0.571. The number of rotatable bonds is 9. The van der Waals surface area contributed by atoms with E-state index in [-0.39, 0.29) is 17.4 Å². The van der Waals surface area contributed by atoms with Crippen LogP contribution in [-0.2, 0) is 21.9 Å². The van der Waals surface area contributed by atoms with Gasteiger partial charge in [0.1, 0.15) is 6.04 Å². The molecule has 0 aromatic heterocycles. The Kier molecular flexibility index (Phi) is 9.17. The predicted molar refractivity (Wildman–Crippen MR) is 131 cm³/mol. The number of benzene rings is 2. The van der Waals surface area contributed by atoms with Crippen LogP contribution in [0.25, 0.3) is 0 Å². The SMILES string of the molecule is CC[C@@H](C(=O)NC(C)(C)C)N(Cc1ccc(C)cc1)C(=O)CSCc1cccc(C)c1. The van der Waals surface area contributed by atoms with Crippen molar-refractivity contribution >= 4 is 23.6 Å². The Balaban J connectivity index is 2.15. The standard InChI is InChI=1S/C26H36N2O2S/c1-7-23(25(30)27-26(4,5)6)28(16-21-13-11-19(2)12-14-21)24(29)18-31-17-22-10-8-9-20(3)15-22/h8-15,23H,7,16-18H2,1-6H3,(H,27,30)/t23-/m0/s1. The van der Waals surface area contributed by atoms with Gasteiger partial charge in [0.05, 0.1) is 5.75 Å². The Morgan fingerprint density at radius 2 is 1.68 bits per heavy atom. The smallest absolute Gasteiger partial charge is 0.243 e. The minimum atomic E-state index is -0.493. The maximum atomic E-state index is 13.3. The molecule has 2 aromatic rings. The molecule has 0 aliphatic carbocycles. The zero-order valence-corrected chi connectivity index (χ0v) is 20.5. The van der Waals surface area contributed by atoms with Gasteiger partial charge in [-0.3, -0.25) is 9.59 Å². The Morgan fingerprint density at radius 3 is 2.26 bits per heavy atom. The van der Waals surface area contributed by atoms with Gasteiger partial charge >= 0.3 is 0 Å². The molecular weight excluding hydrogens is 404 g/mol. The molecule has 5 heteroatoms. The molecule has 4 nitrogen and oxygen atoms in total. The van der Waals surface area contributed by atoms with Gasteiger partial charge in [-0.05, 0) is 52.2 Å². The monoisotopic (exact) mass is 440 g/mol. The van der Waals surface area contributed by atoms with E-state index in [1.165, 1.54) is 16.7 Å². The predicted octanol–water partition coefficient (Wildman–Crippen LogP) is 5.26. The molecule has 31 heavy (non-hydrogen) atoms. The third kappa shape index (κ3) is 8.41. The van der Waals surface area contributed by atoms with Crippen LogP contribution in [0.1, 0.15) is 56.4 Å². The lowest BCUT2D eigenvalue weighted by atomic mass is 10.1. The molecule has 0 aliphatic heterocycles. The van der Waals surface area contributed by atoms with Crippen molar-refractivity contribution < 1.29 is 9.59 Å². The van der Waals surface area contributed by atoms with Crippen LogP contribution in [0.3, 0.4) is 0 Å². The van der Waals surface area contributed by atoms with Crippen molar-refractivity contribution in [3.05, 3.63) is 70.8 Å². The molecule has 0 bridgehead atoms. The van der Waals surface area contributed by atoms with E-state index in [1.54, 1.807) is 16.7 Å². The van der Waals surface area contributed by atoms with Crippen molar-refractivity contribution in [2.24, 2.45) is 0 Å². The van der Waals surface area contributed by atoms with Crippen LogP contribution >= 0.6 is 11.8 Å². The summed E-state index contributed by atoms with van der Waals surface area (Å²) in [4.78, 5) is 28.0. The molecule has 168 valence electrons. The molecule has 0 saturated carbocycles. The number of amides is 2. The van der Waals surface area contributed by atoms with Crippen LogP contribution in [0.15, 0.2) is 48.5 Å². The molecule has 0 fully saturated rings. The molecule has 0 unspecified atom stereocenters. The molecule has 2 rings (SSSR count). The lowest BCUT2D eigenvalue weighted by Gasteiger charge is -2.33. The highest BCUT2D eigenvalue weighted by Gasteiger charge is 2.30. The van der Waals surface area contributed by atoms with E-state index in [4.69, 9.17) is 0 Å². The number of carbonyl (C=O) groups excluding carboxylic acids is 2. The summed E-state index contributed by atoms with van der Waals surface area (Å²) in [6.45, 7) is 12.4. The molecule has 1 atom stereocenters. The summed E-state index contributed by atoms with van der Waals surface area (Å²) in [5.74, 6) is 1.02. The van der Waals surface area contributed by atoms with E-state index < -0.39 is 6.04 Å². The topological polar surface area (TPSA) is 49.4 Å². The lowest BCUT2D eigenvalue weighted by molar-refractivity contribution is -0.140. The summed E-state index contributed by atoms with van der Waals surface area (Å²) in [5.41, 5.74) is 4.29. The fourth-order valence-corrected chi connectivity index (χ4v) is 4.26. The fraction of sp³-hybridized carbons (Fsp3) is 0.462. The number of carbonyl (C=O) groups is 2. The second kappa shape index (κ2) is 11.4. The molecule has 0 heterocycles. The third-order valence-electron chi connectivity index (χ3n) is 4.93. The first-order chi connectivity index (χ1) is 14.6. The van der Waals surface area contributed by atoms with Gasteiger partial charge in [-0.1, -0.05) is 66.6 Å². The first-order valence-corrected chi connectivity index (χ1v) is 12.0. The Labute approximate surface area is 191 Å². The zero-order valence-electron chi connectivity index (χ0n) is 19.7. The first-order valence-electron chi connectivity index (χ1n) is 10.9. The summed E-state index contributed by atoms with van der Waals surface area (Å²) < 4.78 is 0. The van der Waals surface area contributed by atoms with Crippen LogP contribution in [0.5, 0.6) is 0 Å². The number of aryl methyl sites for hydroxylation is 2. The lowest BCUT2D eigenvalue weighted by Crippen LogP contribution is -2.53. The molecule has 0 radical (unpaired) electrons. The number of hydrogen-bond donors (Lipinski definition) is 1. The van der Waals surface area contributed by atoms with Gasteiger partial charge in [0, 0.05) is 17.8 Å². The van der Waals surface area contributed by atoms with E-state index in [1.807, 2.05) is 65.0 Å². The molecule has 2 aromatic carbocycles. The van der Waals surface area contributed by atoms with Crippen molar-refractivity contribution in [3.63, 3.8) is 0 Å². The molecule has 0 spiro atoms. The largest absolute Gasteiger partial charge is 0.350 e. The summed E-state index contributed by atoms with van der Waals surface area (Å²) in [5, 5.41) is 3.05. The highest BCUT2D eigenvalue weighted by atomic mass is 32.2. The minimum Gasteiger partial charge on any atom is -0.350 e. The number of nitrogens with one attached hydrogen (secondary N) is 1. The van der Waals surface area contributed by atoms with E-state index in [0.717, 1.165) is 11.3 Å². The van der Waals surface area contributed by atoms with Gasteiger partial charge < -0.3 is 10.2 Å². The van der Waals surface area contributed by atoms with Crippen molar-refractivity contribution in [3.8, 4) is 0 Å². The number of nitrogens with zero attached hydrogens (tertiary/aromatic N) is 1.